The first-order valence-electron chi connectivity index (χ1n) is 4.16. The Kier molecular flexibility index (Phi) is 5.82. The van der Waals surface area contributed by atoms with E-state index in [0.29, 0.717) is 5.69 Å². The van der Waals surface area contributed by atoms with Gasteiger partial charge in [0.1, 0.15) is 0 Å². The monoisotopic (exact) mass is 245 g/mol. The average molecular weight is 246 g/mol. The lowest BCUT2D eigenvalue weighted by molar-refractivity contribution is 0.687. The lowest BCUT2D eigenvalue weighted by Gasteiger charge is -1.99. The zero-order chi connectivity index (χ0) is 9.10. The van der Waals surface area contributed by atoms with Gasteiger partial charge in [0.25, 0.3) is 0 Å². The van der Waals surface area contributed by atoms with Gasteiger partial charge in [0, 0.05) is 6.20 Å². The van der Waals surface area contributed by atoms with Gasteiger partial charge in [0.2, 0.25) is 0 Å². The molecule has 2 aromatic rings. The molecule has 0 atom stereocenters. The van der Waals surface area contributed by atoms with Crippen molar-refractivity contribution in [3.8, 4) is 0 Å². The minimum atomic E-state index is 0. The molecule has 0 bridgehead atoms. The first-order chi connectivity index (χ1) is 6.34. The van der Waals surface area contributed by atoms with Crippen LogP contribution >= 0.6 is 24.8 Å². The molecule has 1 aromatic carbocycles. The van der Waals surface area contributed by atoms with Crippen molar-refractivity contribution in [3.05, 3.63) is 48.3 Å². The first-order valence-corrected chi connectivity index (χ1v) is 4.16. The molecular formula is C10H13Cl2N3. The Balaban J connectivity index is 0.000000980. The highest BCUT2D eigenvalue weighted by molar-refractivity contribution is 5.85. The van der Waals surface area contributed by atoms with E-state index in [0.717, 1.165) is 6.54 Å². The van der Waals surface area contributed by atoms with E-state index in [1.54, 1.807) is 6.20 Å². The molecule has 0 saturated carbocycles. The van der Waals surface area contributed by atoms with Crippen molar-refractivity contribution in [2.75, 3.05) is 5.73 Å². The topological polar surface area (TPSA) is 43.8 Å². The van der Waals surface area contributed by atoms with Gasteiger partial charge in [0.05, 0.1) is 18.4 Å². The van der Waals surface area contributed by atoms with Gasteiger partial charge in [-0.2, -0.15) is 5.10 Å². The number of hydrogen-bond acceptors (Lipinski definition) is 2. The maximum absolute atomic E-state index is 5.55. The maximum atomic E-state index is 5.55. The predicted molar refractivity (Wildman–Crippen MR) is 66.7 cm³/mol. The Morgan fingerprint density at radius 1 is 1.13 bits per heavy atom. The van der Waals surface area contributed by atoms with Crippen LogP contribution in [0.2, 0.25) is 0 Å². The van der Waals surface area contributed by atoms with E-state index in [2.05, 4.69) is 17.2 Å². The van der Waals surface area contributed by atoms with E-state index in [1.807, 2.05) is 29.1 Å². The van der Waals surface area contributed by atoms with E-state index in [1.165, 1.54) is 5.56 Å². The van der Waals surface area contributed by atoms with E-state index in [-0.39, 0.29) is 24.8 Å². The zero-order valence-electron chi connectivity index (χ0n) is 8.04. The molecule has 0 saturated heterocycles. The average Bonchev–Trinajstić information content (AvgIpc) is 2.53. The quantitative estimate of drug-likeness (QED) is 0.883. The second-order valence-corrected chi connectivity index (χ2v) is 2.96. The minimum absolute atomic E-state index is 0. The minimum Gasteiger partial charge on any atom is -0.396 e. The summed E-state index contributed by atoms with van der Waals surface area (Å²) >= 11 is 0. The number of halogens is 2. The van der Waals surface area contributed by atoms with Crippen molar-refractivity contribution in [2.24, 2.45) is 0 Å². The number of nitrogens with two attached hydrogens (primary N) is 1. The summed E-state index contributed by atoms with van der Waals surface area (Å²) < 4.78 is 1.82. The molecule has 0 radical (unpaired) electrons. The van der Waals surface area contributed by atoms with Crippen LogP contribution in [0.5, 0.6) is 0 Å². The highest BCUT2D eigenvalue weighted by atomic mass is 35.5. The standard InChI is InChI=1S/C10H11N3.2ClH/c11-10-6-12-13(8-10)7-9-4-2-1-3-5-9;;/h1-6,8H,7,11H2;2*1H. The van der Waals surface area contributed by atoms with Crippen molar-refractivity contribution >= 4 is 30.5 Å². The molecular weight excluding hydrogens is 233 g/mol. The molecule has 0 spiro atoms. The molecule has 5 heteroatoms. The smallest absolute Gasteiger partial charge is 0.0719 e. The zero-order valence-corrected chi connectivity index (χ0v) is 9.67. The normalized spacial score (nSPS) is 8.80. The van der Waals surface area contributed by atoms with Gasteiger partial charge in [-0.25, -0.2) is 0 Å². The van der Waals surface area contributed by atoms with Crippen molar-refractivity contribution in [1.29, 1.82) is 0 Å². The van der Waals surface area contributed by atoms with Gasteiger partial charge < -0.3 is 5.73 Å². The summed E-state index contributed by atoms with van der Waals surface area (Å²) in [5.41, 5.74) is 7.48. The molecule has 82 valence electrons. The SMILES string of the molecule is Cl.Cl.Nc1cnn(Cc2ccccc2)c1. The number of anilines is 1. The summed E-state index contributed by atoms with van der Waals surface area (Å²) in [7, 11) is 0. The van der Waals surface area contributed by atoms with Crippen LogP contribution in [-0.2, 0) is 6.54 Å². The number of rotatable bonds is 2. The molecule has 15 heavy (non-hydrogen) atoms. The summed E-state index contributed by atoms with van der Waals surface area (Å²) in [6.07, 6.45) is 3.48. The Bertz CT molecular complexity index is 387. The predicted octanol–water partition coefficient (Wildman–Crippen LogP) is 2.36. The largest absolute Gasteiger partial charge is 0.396 e. The Morgan fingerprint density at radius 2 is 1.80 bits per heavy atom. The van der Waals surface area contributed by atoms with Crippen LogP contribution in [-0.4, -0.2) is 9.78 Å². The lowest BCUT2D eigenvalue weighted by atomic mass is 10.2. The maximum Gasteiger partial charge on any atom is 0.0719 e. The third-order valence-corrected chi connectivity index (χ3v) is 1.84. The Hall–Kier alpha value is -1.19. The van der Waals surface area contributed by atoms with Crippen LogP contribution in [0.1, 0.15) is 5.56 Å². The Morgan fingerprint density at radius 3 is 2.33 bits per heavy atom. The van der Waals surface area contributed by atoms with Crippen LogP contribution < -0.4 is 5.73 Å². The van der Waals surface area contributed by atoms with Gasteiger partial charge in [-0.1, -0.05) is 30.3 Å². The molecule has 0 aliphatic rings. The van der Waals surface area contributed by atoms with Crippen molar-refractivity contribution < 1.29 is 0 Å². The molecule has 0 aliphatic heterocycles. The third kappa shape index (κ3) is 3.81. The van der Waals surface area contributed by atoms with E-state index < -0.39 is 0 Å². The van der Waals surface area contributed by atoms with E-state index >= 15 is 0 Å². The Labute approximate surface area is 101 Å². The van der Waals surface area contributed by atoms with Crippen LogP contribution in [0, 0.1) is 0 Å². The summed E-state index contributed by atoms with van der Waals surface area (Å²) in [6, 6.07) is 10.2. The summed E-state index contributed by atoms with van der Waals surface area (Å²) in [5.74, 6) is 0. The molecule has 3 nitrogen and oxygen atoms in total. The van der Waals surface area contributed by atoms with Gasteiger partial charge in [-0.15, -0.1) is 24.8 Å². The van der Waals surface area contributed by atoms with Crippen molar-refractivity contribution in [2.45, 2.75) is 6.54 Å². The van der Waals surface area contributed by atoms with Crippen molar-refractivity contribution in [1.82, 2.24) is 9.78 Å². The van der Waals surface area contributed by atoms with Crippen molar-refractivity contribution in [3.63, 3.8) is 0 Å². The van der Waals surface area contributed by atoms with Crippen LogP contribution in [0.15, 0.2) is 42.7 Å². The number of hydrogen-bond donors (Lipinski definition) is 1. The molecule has 0 unspecified atom stereocenters. The number of aromatic nitrogens is 2. The molecule has 2 rings (SSSR count). The molecule has 0 amide bonds. The van der Waals surface area contributed by atoms with Gasteiger partial charge >= 0.3 is 0 Å². The molecule has 1 heterocycles. The molecule has 2 N–H and O–H groups in total. The first kappa shape index (κ1) is 13.8. The van der Waals surface area contributed by atoms with E-state index in [9.17, 15) is 0 Å². The third-order valence-electron chi connectivity index (χ3n) is 1.84. The summed E-state index contributed by atoms with van der Waals surface area (Å²) in [6.45, 7) is 0.776. The highest BCUT2D eigenvalue weighted by Gasteiger charge is 1.95. The summed E-state index contributed by atoms with van der Waals surface area (Å²) in [4.78, 5) is 0. The molecule has 0 aliphatic carbocycles. The van der Waals surface area contributed by atoms with Crippen LogP contribution in [0.4, 0.5) is 5.69 Å². The highest BCUT2D eigenvalue weighted by Crippen LogP contribution is 2.03. The van der Waals surface area contributed by atoms with Crippen LogP contribution in [0.3, 0.4) is 0 Å². The van der Waals surface area contributed by atoms with Gasteiger partial charge in [-0.3, -0.25) is 4.68 Å². The summed E-state index contributed by atoms with van der Waals surface area (Å²) in [5, 5.41) is 4.10. The van der Waals surface area contributed by atoms with Gasteiger partial charge in [0.15, 0.2) is 0 Å². The van der Waals surface area contributed by atoms with Crippen LogP contribution in [0.25, 0.3) is 0 Å². The molecule has 0 fully saturated rings. The molecule has 1 aromatic heterocycles. The van der Waals surface area contributed by atoms with E-state index in [4.69, 9.17) is 5.73 Å². The second kappa shape index (κ2) is 6.32. The number of nitrogens with zero attached hydrogens (tertiary/aromatic N) is 2. The lowest BCUT2D eigenvalue weighted by Crippen LogP contribution is -1.99. The van der Waals surface area contributed by atoms with Gasteiger partial charge in [-0.05, 0) is 5.56 Å². The second-order valence-electron chi connectivity index (χ2n) is 2.96. The number of benzene rings is 1. The fourth-order valence-corrected chi connectivity index (χ4v) is 1.24. The number of nitrogen functional groups attached to an aromatic ring is 1. The fourth-order valence-electron chi connectivity index (χ4n) is 1.24. The fraction of sp³-hybridized carbons (Fsp3) is 0.100.